The van der Waals surface area contributed by atoms with Crippen LogP contribution in [0.3, 0.4) is 0 Å². The van der Waals surface area contributed by atoms with Gasteiger partial charge in [-0.05, 0) is 48.9 Å². The van der Waals surface area contributed by atoms with Gasteiger partial charge in [0.1, 0.15) is 11.6 Å². The summed E-state index contributed by atoms with van der Waals surface area (Å²) in [4.78, 5) is 11.9. The lowest BCUT2D eigenvalue weighted by atomic mass is 10.1. The monoisotopic (exact) mass is 281 g/mol. The Morgan fingerprint density at radius 2 is 1.84 bits per heavy atom. The predicted molar refractivity (Wildman–Crippen MR) is 70.5 cm³/mol. The van der Waals surface area contributed by atoms with Crippen molar-refractivity contribution < 1.29 is 13.6 Å². The zero-order valence-electron chi connectivity index (χ0n) is 10.0. The summed E-state index contributed by atoms with van der Waals surface area (Å²) in [6.07, 6.45) is 0. The molecule has 0 heterocycles. The topological polar surface area (TPSA) is 29.1 Å². The largest absolute Gasteiger partial charge is 0.319 e. The maximum absolute atomic E-state index is 13.5. The lowest BCUT2D eigenvalue weighted by Gasteiger charge is -2.07. The van der Waals surface area contributed by atoms with Crippen LogP contribution in [0, 0.1) is 18.6 Å². The second-order valence-corrected chi connectivity index (χ2v) is 4.48. The van der Waals surface area contributed by atoms with Crippen LogP contribution in [0.5, 0.6) is 0 Å². The van der Waals surface area contributed by atoms with Crippen LogP contribution < -0.4 is 5.32 Å². The van der Waals surface area contributed by atoms with Crippen molar-refractivity contribution in [3.05, 3.63) is 64.2 Å². The molecule has 0 aromatic heterocycles. The van der Waals surface area contributed by atoms with Gasteiger partial charge in [0.25, 0.3) is 5.91 Å². The smallest absolute Gasteiger partial charge is 0.255 e. The second kappa shape index (κ2) is 5.36. The van der Waals surface area contributed by atoms with Gasteiger partial charge in [0, 0.05) is 10.6 Å². The fourth-order valence-electron chi connectivity index (χ4n) is 1.57. The summed E-state index contributed by atoms with van der Waals surface area (Å²) in [5, 5.41) is 2.65. The lowest BCUT2D eigenvalue weighted by Crippen LogP contribution is -2.13. The van der Waals surface area contributed by atoms with Crippen LogP contribution in [0.1, 0.15) is 15.9 Å². The first-order valence-corrected chi connectivity index (χ1v) is 5.88. The molecule has 0 spiro atoms. The lowest BCUT2D eigenvalue weighted by molar-refractivity contribution is 0.102. The molecule has 0 saturated heterocycles. The highest BCUT2D eigenvalue weighted by Gasteiger charge is 2.11. The number of benzene rings is 2. The number of halogens is 3. The molecule has 0 atom stereocenters. The van der Waals surface area contributed by atoms with E-state index in [1.165, 1.54) is 30.3 Å². The van der Waals surface area contributed by atoms with Crippen LogP contribution in [-0.2, 0) is 0 Å². The van der Waals surface area contributed by atoms with Gasteiger partial charge in [0.05, 0.1) is 5.69 Å². The van der Waals surface area contributed by atoms with Crippen molar-refractivity contribution in [1.29, 1.82) is 0 Å². The molecule has 0 aliphatic carbocycles. The summed E-state index contributed by atoms with van der Waals surface area (Å²) in [5.74, 6) is -1.53. The van der Waals surface area contributed by atoms with Gasteiger partial charge < -0.3 is 5.32 Å². The molecule has 2 nitrogen and oxygen atoms in total. The quantitative estimate of drug-likeness (QED) is 0.879. The Bertz CT molecular complexity index is 643. The van der Waals surface area contributed by atoms with E-state index in [1.54, 1.807) is 6.92 Å². The number of nitrogens with one attached hydrogen (secondary N) is 1. The van der Waals surface area contributed by atoms with E-state index in [4.69, 9.17) is 11.6 Å². The first-order chi connectivity index (χ1) is 8.97. The normalized spacial score (nSPS) is 10.3. The van der Waals surface area contributed by atoms with E-state index in [0.29, 0.717) is 5.56 Å². The third kappa shape index (κ3) is 3.09. The van der Waals surface area contributed by atoms with Crippen molar-refractivity contribution in [1.82, 2.24) is 0 Å². The highest BCUT2D eigenvalue weighted by Crippen LogP contribution is 2.20. The third-order valence-corrected chi connectivity index (χ3v) is 2.83. The fraction of sp³-hybridized carbons (Fsp3) is 0.0714. The molecule has 0 bridgehead atoms. The summed E-state index contributed by atoms with van der Waals surface area (Å²) in [5.41, 5.74) is 0.633. The minimum Gasteiger partial charge on any atom is -0.319 e. The molecule has 1 N–H and O–H groups in total. The number of amides is 1. The summed E-state index contributed by atoms with van der Waals surface area (Å²) in [6, 6.07) is 7.88. The zero-order valence-corrected chi connectivity index (χ0v) is 10.8. The average molecular weight is 282 g/mol. The number of hydrogen-bond acceptors (Lipinski definition) is 1. The van der Waals surface area contributed by atoms with Gasteiger partial charge in [0.15, 0.2) is 0 Å². The van der Waals surface area contributed by atoms with Gasteiger partial charge in [-0.1, -0.05) is 11.6 Å². The van der Waals surface area contributed by atoms with Crippen molar-refractivity contribution in [3.63, 3.8) is 0 Å². The van der Waals surface area contributed by atoms with E-state index < -0.39 is 17.5 Å². The Hall–Kier alpha value is -1.94. The third-order valence-electron chi connectivity index (χ3n) is 2.60. The average Bonchev–Trinajstić information content (AvgIpc) is 2.36. The van der Waals surface area contributed by atoms with Crippen LogP contribution in [-0.4, -0.2) is 5.91 Å². The van der Waals surface area contributed by atoms with E-state index in [2.05, 4.69) is 5.32 Å². The molecule has 0 radical (unpaired) electrons. The highest BCUT2D eigenvalue weighted by molar-refractivity contribution is 6.30. The summed E-state index contributed by atoms with van der Waals surface area (Å²) in [6.45, 7) is 1.55. The molecule has 0 unspecified atom stereocenters. The molecule has 0 aliphatic heterocycles. The molecule has 2 aromatic carbocycles. The Morgan fingerprint density at radius 3 is 2.47 bits per heavy atom. The van der Waals surface area contributed by atoms with Crippen LogP contribution in [0.2, 0.25) is 5.02 Å². The summed E-state index contributed by atoms with van der Waals surface area (Å²) in [7, 11) is 0. The van der Waals surface area contributed by atoms with Crippen LogP contribution in [0.4, 0.5) is 14.5 Å². The van der Waals surface area contributed by atoms with E-state index in [9.17, 15) is 13.6 Å². The molecular weight excluding hydrogens is 272 g/mol. The Morgan fingerprint density at radius 1 is 1.11 bits per heavy atom. The highest BCUT2D eigenvalue weighted by atomic mass is 35.5. The molecule has 5 heteroatoms. The van der Waals surface area contributed by atoms with Crippen molar-refractivity contribution in [3.8, 4) is 0 Å². The maximum Gasteiger partial charge on any atom is 0.255 e. The van der Waals surface area contributed by atoms with Crippen LogP contribution >= 0.6 is 11.6 Å². The first kappa shape index (κ1) is 13.5. The van der Waals surface area contributed by atoms with Gasteiger partial charge in [0.2, 0.25) is 0 Å². The first-order valence-electron chi connectivity index (χ1n) is 5.50. The number of carbonyl (C=O) groups excluding carboxylic acids is 1. The van der Waals surface area contributed by atoms with Crippen LogP contribution in [0.15, 0.2) is 36.4 Å². The molecule has 0 aliphatic rings. The van der Waals surface area contributed by atoms with Gasteiger partial charge >= 0.3 is 0 Å². The van der Waals surface area contributed by atoms with Crippen molar-refractivity contribution >= 4 is 23.2 Å². The van der Waals surface area contributed by atoms with E-state index >= 15 is 0 Å². The molecule has 19 heavy (non-hydrogen) atoms. The summed E-state index contributed by atoms with van der Waals surface area (Å²) >= 11 is 5.61. The second-order valence-electron chi connectivity index (χ2n) is 4.04. The standard InChI is InChI=1S/C14H10ClF2NO/c1-8-6-9(2-4-11(8)16)14(19)18-13-5-3-10(15)7-12(13)17/h2-7H,1H3,(H,18,19). The Labute approximate surface area is 114 Å². The van der Waals surface area contributed by atoms with E-state index in [0.717, 1.165) is 6.07 Å². The predicted octanol–water partition coefficient (Wildman–Crippen LogP) is 4.18. The van der Waals surface area contributed by atoms with Crippen molar-refractivity contribution in [2.45, 2.75) is 6.92 Å². The fourth-order valence-corrected chi connectivity index (χ4v) is 1.73. The van der Waals surface area contributed by atoms with Crippen molar-refractivity contribution in [2.24, 2.45) is 0 Å². The SMILES string of the molecule is Cc1cc(C(=O)Nc2ccc(Cl)cc2F)ccc1F. The van der Waals surface area contributed by atoms with Gasteiger partial charge in [-0.25, -0.2) is 8.78 Å². The van der Waals surface area contributed by atoms with Gasteiger partial charge in [-0.3, -0.25) is 4.79 Å². The summed E-state index contributed by atoms with van der Waals surface area (Å²) < 4.78 is 26.6. The molecular formula is C14H10ClF2NO. The number of anilines is 1. The number of hydrogen-bond donors (Lipinski definition) is 1. The van der Waals surface area contributed by atoms with Crippen LogP contribution in [0.25, 0.3) is 0 Å². The molecule has 2 aromatic rings. The number of rotatable bonds is 2. The molecule has 0 saturated carbocycles. The molecule has 98 valence electrons. The van der Waals surface area contributed by atoms with Crippen molar-refractivity contribution in [2.75, 3.05) is 5.32 Å². The molecule has 2 rings (SSSR count). The van der Waals surface area contributed by atoms with Gasteiger partial charge in [-0.2, -0.15) is 0 Å². The maximum atomic E-state index is 13.5. The zero-order chi connectivity index (χ0) is 14.0. The Balaban J connectivity index is 2.23. The number of aryl methyl sites for hydroxylation is 1. The minimum atomic E-state index is -0.625. The van der Waals surface area contributed by atoms with E-state index in [-0.39, 0.29) is 16.3 Å². The molecule has 0 fully saturated rings. The van der Waals surface area contributed by atoms with Gasteiger partial charge in [-0.15, -0.1) is 0 Å². The Kier molecular flexibility index (Phi) is 3.81. The minimum absolute atomic E-state index is 0.0244. The van der Waals surface area contributed by atoms with E-state index in [1.807, 2.05) is 0 Å². The molecule has 1 amide bonds. The number of carbonyl (C=O) groups is 1.